The van der Waals surface area contributed by atoms with Crippen molar-refractivity contribution < 1.29 is 5.11 Å². The van der Waals surface area contributed by atoms with Crippen LogP contribution in [-0.4, -0.2) is 24.3 Å². The van der Waals surface area contributed by atoms with E-state index in [1.165, 1.54) is 6.42 Å². The summed E-state index contributed by atoms with van der Waals surface area (Å²) in [5.74, 6) is 0.751. The van der Waals surface area contributed by atoms with Crippen molar-refractivity contribution in [2.24, 2.45) is 5.92 Å². The molecule has 0 aromatic heterocycles. The van der Waals surface area contributed by atoms with Crippen molar-refractivity contribution in [2.75, 3.05) is 13.1 Å². The molecule has 2 N–H and O–H groups in total. The van der Waals surface area contributed by atoms with E-state index < -0.39 is 0 Å². The lowest BCUT2D eigenvalue weighted by Gasteiger charge is -2.07. The van der Waals surface area contributed by atoms with Crippen LogP contribution in [0.1, 0.15) is 27.2 Å². The third-order valence-electron chi connectivity index (χ3n) is 1.34. The number of aliphatic hydroxyl groups excluding tert-OH is 1. The normalized spacial score (nSPS) is 14.1. The molecule has 0 aliphatic rings. The molecule has 62 valence electrons. The number of rotatable bonds is 5. The highest BCUT2D eigenvalue weighted by Gasteiger charge is 1.95. The van der Waals surface area contributed by atoms with E-state index in [-0.39, 0.29) is 6.10 Å². The van der Waals surface area contributed by atoms with Crippen molar-refractivity contribution in [2.45, 2.75) is 33.3 Å². The van der Waals surface area contributed by atoms with Crippen molar-refractivity contribution in [1.82, 2.24) is 5.32 Å². The Balaban J connectivity index is 2.91. The van der Waals surface area contributed by atoms with Crippen LogP contribution in [0, 0.1) is 5.92 Å². The molecule has 1 atom stereocenters. The molecular weight excluding hydrogens is 126 g/mol. The molecule has 0 heterocycles. The molecular formula is C8H19NO. The van der Waals surface area contributed by atoms with Gasteiger partial charge in [-0.25, -0.2) is 0 Å². The second-order valence-electron chi connectivity index (χ2n) is 3.24. The summed E-state index contributed by atoms with van der Waals surface area (Å²) >= 11 is 0. The van der Waals surface area contributed by atoms with Gasteiger partial charge in [0.05, 0.1) is 6.10 Å². The highest BCUT2D eigenvalue weighted by Crippen LogP contribution is 1.95. The lowest BCUT2D eigenvalue weighted by molar-refractivity contribution is 0.191. The largest absolute Gasteiger partial charge is 0.392 e. The minimum absolute atomic E-state index is 0.216. The molecule has 0 bridgehead atoms. The van der Waals surface area contributed by atoms with E-state index in [0.29, 0.717) is 6.54 Å². The standard InChI is InChI=1S/C8H19NO/c1-7(2)4-5-9-6-8(3)10/h7-10H,4-6H2,1-3H3/t8-/m0/s1. The molecule has 0 radical (unpaired) electrons. The summed E-state index contributed by atoms with van der Waals surface area (Å²) in [4.78, 5) is 0. The minimum atomic E-state index is -0.216. The second-order valence-corrected chi connectivity index (χ2v) is 3.24. The molecule has 0 saturated heterocycles. The molecule has 0 aromatic carbocycles. The monoisotopic (exact) mass is 145 g/mol. The summed E-state index contributed by atoms with van der Waals surface area (Å²) in [5.41, 5.74) is 0. The van der Waals surface area contributed by atoms with Gasteiger partial charge >= 0.3 is 0 Å². The second kappa shape index (κ2) is 5.69. The highest BCUT2D eigenvalue weighted by molar-refractivity contribution is 4.54. The van der Waals surface area contributed by atoms with Gasteiger partial charge in [-0.3, -0.25) is 0 Å². The fourth-order valence-electron chi connectivity index (χ4n) is 0.702. The van der Waals surface area contributed by atoms with E-state index in [2.05, 4.69) is 19.2 Å². The summed E-state index contributed by atoms with van der Waals surface area (Å²) < 4.78 is 0. The molecule has 2 nitrogen and oxygen atoms in total. The molecule has 0 rings (SSSR count). The molecule has 0 amide bonds. The number of nitrogens with one attached hydrogen (secondary N) is 1. The fraction of sp³-hybridized carbons (Fsp3) is 1.00. The van der Waals surface area contributed by atoms with Gasteiger partial charge in [0.25, 0.3) is 0 Å². The van der Waals surface area contributed by atoms with E-state index in [1.54, 1.807) is 6.92 Å². The van der Waals surface area contributed by atoms with E-state index in [4.69, 9.17) is 5.11 Å². The molecule has 0 aliphatic heterocycles. The molecule has 0 aromatic rings. The van der Waals surface area contributed by atoms with E-state index in [9.17, 15) is 0 Å². The van der Waals surface area contributed by atoms with Crippen LogP contribution in [0.5, 0.6) is 0 Å². The predicted molar refractivity (Wildman–Crippen MR) is 44.0 cm³/mol. The van der Waals surface area contributed by atoms with Crippen molar-refractivity contribution in [3.05, 3.63) is 0 Å². The Labute approximate surface area is 63.6 Å². The van der Waals surface area contributed by atoms with Gasteiger partial charge in [0.2, 0.25) is 0 Å². The average Bonchev–Trinajstić information content (AvgIpc) is 1.79. The van der Waals surface area contributed by atoms with Crippen LogP contribution in [-0.2, 0) is 0 Å². The van der Waals surface area contributed by atoms with Gasteiger partial charge in [-0.15, -0.1) is 0 Å². The first-order valence-electron chi connectivity index (χ1n) is 4.01. The molecule has 0 spiro atoms. The lowest BCUT2D eigenvalue weighted by Crippen LogP contribution is -2.25. The van der Waals surface area contributed by atoms with Gasteiger partial charge in [0.15, 0.2) is 0 Å². The van der Waals surface area contributed by atoms with Crippen LogP contribution in [0.4, 0.5) is 0 Å². The summed E-state index contributed by atoms with van der Waals surface area (Å²) in [6, 6.07) is 0. The van der Waals surface area contributed by atoms with Gasteiger partial charge in [-0.05, 0) is 25.8 Å². The summed E-state index contributed by atoms with van der Waals surface area (Å²) in [5, 5.41) is 12.0. The first-order valence-corrected chi connectivity index (χ1v) is 4.01. The zero-order chi connectivity index (χ0) is 7.98. The van der Waals surface area contributed by atoms with Gasteiger partial charge in [-0.1, -0.05) is 13.8 Å². The van der Waals surface area contributed by atoms with Crippen molar-refractivity contribution in [1.29, 1.82) is 0 Å². The topological polar surface area (TPSA) is 32.3 Å². The Morgan fingerprint density at radius 2 is 1.90 bits per heavy atom. The van der Waals surface area contributed by atoms with Crippen LogP contribution in [0.2, 0.25) is 0 Å². The SMILES string of the molecule is CC(C)CCNC[C@H](C)O. The maximum absolute atomic E-state index is 8.86. The third-order valence-corrected chi connectivity index (χ3v) is 1.34. The van der Waals surface area contributed by atoms with E-state index >= 15 is 0 Å². The van der Waals surface area contributed by atoms with Gasteiger partial charge in [0, 0.05) is 6.54 Å². The van der Waals surface area contributed by atoms with E-state index in [0.717, 1.165) is 12.5 Å². The smallest absolute Gasteiger partial charge is 0.0636 e. The Kier molecular flexibility index (Phi) is 5.64. The summed E-state index contributed by atoms with van der Waals surface area (Å²) in [6.45, 7) is 7.92. The quantitative estimate of drug-likeness (QED) is 0.566. The number of hydrogen-bond acceptors (Lipinski definition) is 2. The Hall–Kier alpha value is -0.0800. The maximum Gasteiger partial charge on any atom is 0.0636 e. The first-order chi connectivity index (χ1) is 4.63. The molecule has 0 aliphatic carbocycles. The molecule has 10 heavy (non-hydrogen) atoms. The van der Waals surface area contributed by atoms with Gasteiger partial charge < -0.3 is 10.4 Å². The van der Waals surface area contributed by atoms with Crippen molar-refractivity contribution in [3.8, 4) is 0 Å². The van der Waals surface area contributed by atoms with Gasteiger partial charge in [-0.2, -0.15) is 0 Å². The van der Waals surface area contributed by atoms with Crippen molar-refractivity contribution in [3.63, 3.8) is 0 Å². The zero-order valence-corrected chi connectivity index (χ0v) is 7.22. The number of aliphatic hydroxyl groups is 1. The predicted octanol–water partition coefficient (Wildman–Crippen LogP) is 1.00. The Bertz CT molecular complexity index is 61.7. The van der Waals surface area contributed by atoms with E-state index in [1.807, 2.05) is 0 Å². The molecule has 0 unspecified atom stereocenters. The third kappa shape index (κ3) is 7.92. The minimum Gasteiger partial charge on any atom is -0.392 e. The van der Waals surface area contributed by atoms with Crippen LogP contribution in [0.25, 0.3) is 0 Å². The lowest BCUT2D eigenvalue weighted by atomic mass is 10.1. The molecule has 0 saturated carbocycles. The summed E-state index contributed by atoms with van der Waals surface area (Å²) in [7, 11) is 0. The highest BCUT2D eigenvalue weighted by atomic mass is 16.3. The Morgan fingerprint density at radius 1 is 1.30 bits per heavy atom. The Morgan fingerprint density at radius 3 is 2.30 bits per heavy atom. The van der Waals surface area contributed by atoms with Crippen LogP contribution >= 0.6 is 0 Å². The van der Waals surface area contributed by atoms with Crippen LogP contribution in [0.15, 0.2) is 0 Å². The van der Waals surface area contributed by atoms with Crippen LogP contribution < -0.4 is 5.32 Å². The first kappa shape index (κ1) is 9.92. The molecule has 2 heteroatoms. The fourth-order valence-corrected chi connectivity index (χ4v) is 0.702. The van der Waals surface area contributed by atoms with Crippen molar-refractivity contribution >= 4 is 0 Å². The number of hydrogen-bond donors (Lipinski definition) is 2. The maximum atomic E-state index is 8.86. The molecule has 0 fully saturated rings. The zero-order valence-electron chi connectivity index (χ0n) is 7.22. The van der Waals surface area contributed by atoms with Gasteiger partial charge in [0.1, 0.15) is 0 Å². The average molecular weight is 145 g/mol. The summed E-state index contributed by atoms with van der Waals surface area (Å²) in [6.07, 6.45) is 0.972. The van der Waals surface area contributed by atoms with Crippen LogP contribution in [0.3, 0.4) is 0 Å².